The maximum Gasteiger partial charge on any atom is 0.101 e. The fourth-order valence-electron chi connectivity index (χ4n) is 1.84. The highest BCUT2D eigenvalue weighted by atomic mass is 35.5. The molecule has 1 atom stereocenters. The third kappa shape index (κ3) is 2.23. The van der Waals surface area contributed by atoms with Crippen LogP contribution in [-0.2, 0) is 0 Å². The summed E-state index contributed by atoms with van der Waals surface area (Å²) in [5.74, 6) is 0.835. The maximum atomic E-state index is 6.21. The first kappa shape index (κ1) is 12.2. The van der Waals surface area contributed by atoms with E-state index in [0.29, 0.717) is 5.02 Å². The first-order valence-electron chi connectivity index (χ1n) is 5.54. The van der Waals surface area contributed by atoms with E-state index >= 15 is 0 Å². The van der Waals surface area contributed by atoms with Crippen LogP contribution >= 0.6 is 11.6 Å². The lowest BCUT2D eigenvalue weighted by Crippen LogP contribution is -2.18. The highest BCUT2D eigenvalue weighted by Gasteiger charge is 2.21. The molecule has 2 aromatic rings. The number of halogens is 1. The van der Waals surface area contributed by atoms with Crippen LogP contribution in [0.2, 0.25) is 5.02 Å². The number of nitrogens with zero attached hydrogens (tertiary/aromatic N) is 2. The molecule has 0 saturated heterocycles. The van der Waals surface area contributed by atoms with Crippen molar-refractivity contribution in [1.82, 2.24) is 9.78 Å². The predicted octanol–water partition coefficient (Wildman–Crippen LogP) is 3.07. The number of hydrogen-bond acceptors (Lipinski definition) is 3. The Morgan fingerprint density at radius 1 is 1.47 bits per heavy atom. The van der Waals surface area contributed by atoms with E-state index in [1.165, 1.54) is 0 Å². The van der Waals surface area contributed by atoms with E-state index in [1.54, 1.807) is 12.5 Å². The van der Waals surface area contributed by atoms with Crippen LogP contribution in [0, 0.1) is 6.92 Å². The monoisotopic (exact) mass is 253 g/mol. The Bertz CT molecular complexity index is 516. The van der Waals surface area contributed by atoms with Crippen molar-refractivity contribution in [2.45, 2.75) is 32.9 Å². The van der Waals surface area contributed by atoms with Gasteiger partial charge in [0, 0.05) is 11.6 Å². The van der Waals surface area contributed by atoms with Crippen molar-refractivity contribution >= 4 is 11.6 Å². The molecule has 2 heterocycles. The molecule has 4 nitrogen and oxygen atoms in total. The summed E-state index contributed by atoms with van der Waals surface area (Å²) >= 11 is 6.15. The van der Waals surface area contributed by atoms with Crippen molar-refractivity contribution in [3.8, 4) is 0 Å². The Morgan fingerprint density at radius 2 is 2.18 bits per heavy atom. The van der Waals surface area contributed by atoms with Crippen LogP contribution in [0.1, 0.15) is 42.9 Å². The molecular weight excluding hydrogens is 238 g/mol. The lowest BCUT2D eigenvalue weighted by molar-refractivity contribution is 0.496. The van der Waals surface area contributed by atoms with Crippen molar-refractivity contribution in [2.75, 3.05) is 0 Å². The van der Waals surface area contributed by atoms with E-state index in [1.807, 2.05) is 31.5 Å². The van der Waals surface area contributed by atoms with E-state index in [2.05, 4.69) is 5.10 Å². The van der Waals surface area contributed by atoms with Gasteiger partial charge >= 0.3 is 0 Å². The molecule has 2 N–H and O–H groups in total. The number of furan rings is 1. The van der Waals surface area contributed by atoms with Crippen LogP contribution in [0.15, 0.2) is 22.9 Å². The molecule has 0 aliphatic carbocycles. The molecule has 92 valence electrons. The van der Waals surface area contributed by atoms with Gasteiger partial charge in [-0.2, -0.15) is 5.10 Å². The van der Waals surface area contributed by atoms with Crippen molar-refractivity contribution in [1.29, 1.82) is 0 Å². The number of aryl methyl sites for hydroxylation is 1. The van der Waals surface area contributed by atoms with Gasteiger partial charge in [-0.05, 0) is 26.8 Å². The van der Waals surface area contributed by atoms with Gasteiger partial charge in [-0.3, -0.25) is 4.68 Å². The summed E-state index contributed by atoms with van der Waals surface area (Å²) in [7, 11) is 0. The summed E-state index contributed by atoms with van der Waals surface area (Å²) in [5, 5.41) is 4.83. The van der Waals surface area contributed by atoms with Crippen molar-refractivity contribution in [2.24, 2.45) is 5.73 Å². The average Bonchev–Trinajstić information content (AvgIpc) is 2.83. The molecule has 0 aromatic carbocycles. The Kier molecular flexibility index (Phi) is 3.26. The molecular formula is C12H16ClN3O. The lowest BCUT2D eigenvalue weighted by atomic mass is 10.1. The van der Waals surface area contributed by atoms with E-state index in [9.17, 15) is 0 Å². The van der Waals surface area contributed by atoms with E-state index in [0.717, 1.165) is 17.0 Å². The second-order valence-electron chi connectivity index (χ2n) is 4.38. The minimum atomic E-state index is -0.315. The maximum absolute atomic E-state index is 6.21. The van der Waals surface area contributed by atoms with Crippen LogP contribution < -0.4 is 5.73 Å². The van der Waals surface area contributed by atoms with Gasteiger partial charge in [0.25, 0.3) is 0 Å². The molecule has 0 fully saturated rings. The van der Waals surface area contributed by atoms with Gasteiger partial charge in [-0.1, -0.05) is 11.6 Å². The smallest absolute Gasteiger partial charge is 0.101 e. The summed E-state index contributed by atoms with van der Waals surface area (Å²) in [6.07, 6.45) is 3.29. The largest absolute Gasteiger partial charge is 0.469 e. The van der Waals surface area contributed by atoms with E-state index in [4.69, 9.17) is 21.8 Å². The first-order valence-corrected chi connectivity index (χ1v) is 5.92. The summed E-state index contributed by atoms with van der Waals surface area (Å²) in [5.41, 5.74) is 7.94. The zero-order valence-electron chi connectivity index (χ0n) is 10.1. The molecule has 0 aliphatic rings. The minimum Gasteiger partial charge on any atom is -0.469 e. The zero-order valence-corrected chi connectivity index (χ0v) is 10.9. The first-order chi connectivity index (χ1) is 8.00. The molecule has 2 aromatic heterocycles. The van der Waals surface area contributed by atoms with Crippen LogP contribution in [0.5, 0.6) is 0 Å². The Balaban J connectivity index is 2.43. The number of rotatable bonds is 3. The summed E-state index contributed by atoms with van der Waals surface area (Å²) in [4.78, 5) is 0. The second-order valence-corrected chi connectivity index (χ2v) is 4.79. The molecule has 0 aliphatic heterocycles. The van der Waals surface area contributed by atoms with Gasteiger partial charge in [0.1, 0.15) is 5.76 Å². The van der Waals surface area contributed by atoms with Crippen molar-refractivity contribution in [3.05, 3.63) is 40.6 Å². The normalized spacial score (nSPS) is 13.3. The SMILES string of the molecule is Cc1cc(C(N)c2c(Cl)cnn2C(C)C)co1. The quantitative estimate of drug-likeness (QED) is 0.915. The fraction of sp³-hybridized carbons (Fsp3) is 0.417. The van der Waals surface area contributed by atoms with Gasteiger partial charge in [-0.25, -0.2) is 0 Å². The molecule has 0 bridgehead atoms. The molecule has 17 heavy (non-hydrogen) atoms. The Hall–Kier alpha value is -1.26. The second kappa shape index (κ2) is 4.55. The topological polar surface area (TPSA) is 57.0 Å². The Labute approximate surface area is 105 Å². The Morgan fingerprint density at radius 3 is 2.71 bits per heavy atom. The van der Waals surface area contributed by atoms with Crippen LogP contribution in [0.4, 0.5) is 0 Å². The predicted molar refractivity (Wildman–Crippen MR) is 67.1 cm³/mol. The third-order valence-corrected chi connectivity index (χ3v) is 2.97. The van der Waals surface area contributed by atoms with E-state index < -0.39 is 0 Å². The van der Waals surface area contributed by atoms with Gasteiger partial charge in [0.15, 0.2) is 0 Å². The van der Waals surface area contributed by atoms with E-state index in [-0.39, 0.29) is 12.1 Å². The molecule has 0 amide bonds. The van der Waals surface area contributed by atoms with Crippen molar-refractivity contribution in [3.63, 3.8) is 0 Å². The molecule has 2 rings (SSSR count). The summed E-state index contributed by atoms with van der Waals surface area (Å²) < 4.78 is 7.11. The standard InChI is InChI=1S/C12H16ClN3O/c1-7(2)16-12(10(13)5-15-16)11(14)9-4-8(3)17-6-9/h4-7,11H,14H2,1-3H3. The average molecular weight is 254 g/mol. The van der Waals surface area contributed by atoms with Gasteiger partial charge < -0.3 is 10.2 Å². The van der Waals surface area contributed by atoms with Crippen molar-refractivity contribution < 1.29 is 4.42 Å². The summed E-state index contributed by atoms with van der Waals surface area (Å²) in [6.45, 7) is 5.97. The highest BCUT2D eigenvalue weighted by Crippen LogP contribution is 2.29. The molecule has 1 unspecified atom stereocenters. The zero-order chi connectivity index (χ0) is 12.6. The highest BCUT2D eigenvalue weighted by molar-refractivity contribution is 6.31. The number of aromatic nitrogens is 2. The van der Waals surface area contributed by atoms with Gasteiger partial charge in [0.05, 0.1) is 29.2 Å². The minimum absolute atomic E-state index is 0.219. The lowest BCUT2D eigenvalue weighted by Gasteiger charge is -2.16. The molecule has 0 radical (unpaired) electrons. The van der Waals surface area contributed by atoms with Gasteiger partial charge in [0.2, 0.25) is 0 Å². The fourth-order valence-corrected chi connectivity index (χ4v) is 2.09. The number of hydrogen-bond donors (Lipinski definition) is 1. The molecule has 0 saturated carbocycles. The van der Waals surface area contributed by atoms with Gasteiger partial charge in [-0.15, -0.1) is 0 Å². The van der Waals surface area contributed by atoms with Crippen LogP contribution in [0.3, 0.4) is 0 Å². The number of nitrogens with two attached hydrogens (primary N) is 1. The van der Waals surface area contributed by atoms with Crippen LogP contribution in [-0.4, -0.2) is 9.78 Å². The third-order valence-electron chi connectivity index (χ3n) is 2.68. The summed E-state index contributed by atoms with van der Waals surface area (Å²) in [6, 6.07) is 1.82. The van der Waals surface area contributed by atoms with Crippen LogP contribution in [0.25, 0.3) is 0 Å². The molecule has 0 spiro atoms. The molecule has 5 heteroatoms.